The molecule has 1 aliphatic heterocycles. The summed E-state index contributed by atoms with van der Waals surface area (Å²) >= 11 is 0. The fourth-order valence-electron chi connectivity index (χ4n) is 4.49. The molecule has 1 aromatic carbocycles. The Bertz CT molecular complexity index is 536. The predicted molar refractivity (Wildman–Crippen MR) is 94.0 cm³/mol. The van der Waals surface area contributed by atoms with Gasteiger partial charge in [-0.2, -0.15) is 5.26 Å². The molecule has 0 radical (unpaired) electrons. The molecule has 2 fully saturated rings. The SMILES string of the molecule is CC1(CCC(C#N)(c2ccccc2)C2CCCCC2)NCCN1. The lowest BCUT2D eigenvalue weighted by molar-refractivity contribution is 0.210. The van der Waals surface area contributed by atoms with Crippen LogP contribution in [-0.2, 0) is 5.41 Å². The van der Waals surface area contributed by atoms with Crippen LogP contribution < -0.4 is 10.6 Å². The number of benzene rings is 1. The lowest BCUT2D eigenvalue weighted by Crippen LogP contribution is -2.48. The molecule has 1 aromatic rings. The van der Waals surface area contributed by atoms with Crippen LogP contribution in [0.3, 0.4) is 0 Å². The van der Waals surface area contributed by atoms with Crippen molar-refractivity contribution in [2.24, 2.45) is 5.92 Å². The molecule has 2 N–H and O–H groups in total. The molecular formula is C20H29N3. The number of nitrogens with one attached hydrogen (secondary N) is 2. The quantitative estimate of drug-likeness (QED) is 0.871. The molecule has 1 unspecified atom stereocenters. The molecule has 1 heterocycles. The van der Waals surface area contributed by atoms with Gasteiger partial charge in [0.25, 0.3) is 0 Å². The second-order valence-corrected chi connectivity index (χ2v) is 7.47. The van der Waals surface area contributed by atoms with Crippen LogP contribution in [0, 0.1) is 17.2 Å². The van der Waals surface area contributed by atoms with Crippen molar-refractivity contribution < 1.29 is 0 Å². The first-order valence-electron chi connectivity index (χ1n) is 9.15. The molecule has 1 aliphatic carbocycles. The Morgan fingerprint density at radius 1 is 1.13 bits per heavy atom. The van der Waals surface area contributed by atoms with E-state index in [9.17, 15) is 5.26 Å². The maximum Gasteiger partial charge on any atom is 0.0851 e. The van der Waals surface area contributed by atoms with Gasteiger partial charge in [-0.25, -0.2) is 0 Å². The zero-order valence-electron chi connectivity index (χ0n) is 14.3. The van der Waals surface area contributed by atoms with Crippen LogP contribution in [0.15, 0.2) is 30.3 Å². The second kappa shape index (κ2) is 7.03. The Kier molecular flexibility index (Phi) is 5.04. The molecule has 0 aromatic heterocycles. The maximum atomic E-state index is 10.2. The van der Waals surface area contributed by atoms with Gasteiger partial charge in [0.1, 0.15) is 0 Å². The molecule has 2 aliphatic rings. The first kappa shape index (κ1) is 16.5. The largest absolute Gasteiger partial charge is 0.298 e. The maximum absolute atomic E-state index is 10.2. The summed E-state index contributed by atoms with van der Waals surface area (Å²) in [6, 6.07) is 13.3. The third kappa shape index (κ3) is 3.44. The highest BCUT2D eigenvalue weighted by Crippen LogP contribution is 2.44. The van der Waals surface area contributed by atoms with Crippen molar-refractivity contribution in [1.29, 1.82) is 5.26 Å². The Morgan fingerprint density at radius 3 is 2.39 bits per heavy atom. The average Bonchev–Trinajstić information content (AvgIpc) is 3.05. The van der Waals surface area contributed by atoms with Crippen LogP contribution in [0.4, 0.5) is 0 Å². The molecule has 1 atom stereocenters. The molecule has 0 amide bonds. The first-order valence-corrected chi connectivity index (χ1v) is 9.15. The normalized spacial score (nSPS) is 24.0. The lowest BCUT2D eigenvalue weighted by atomic mass is 9.63. The fraction of sp³-hybridized carbons (Fsp3) is 0.650. The molecule has 0 spiro atoms. The van der Waals surface area contributed by atoms with E-state index in [0.29, 0.717) is 5.92 Å². The van der Waals surface area contributed by atoms with Crippen LogP contribution in [-0.4, -0.2) is 18.8 Å². The predicted octanol–water partition coefficient (Wildman–Crippen LogP) is 3.72. The van der Waals surface area contributed by atoms with Gasteiger partial charge in [0.05, 0.1) is 17.1 Å². The number of rotatable bonds is 5. The summed E-state index contributed by atoms with van der Waals surface area (Å²) in [5, 5.41) is 17.4. The molecule has 3 rings (SSSR count). The van der Waals surface area contributed by atoms with Crippen LogP contribution in [0.25, 0.3) is 0 Å². The second-order valence-electron chi connectivity index (χ2n) is 7.47. The minimum atomic E-state index is -0.337. The highest BCUT2D eigenvalue weighted by molar-refractivity contribution is 5.34. The summed E-state index contributed by atoms with van der Waals surface area (Å²) in [5.41, 5.74) is 0.860. The van der Waals surface area contributed by atoms with Crippen molar-refractivity contribution in [2.75, 3.05) is 13.1 Å². The topological polar surface area (TPSA) is 47.9 Å². The summed E-state index contributed by atoms with van der Waals surface area (Å²) < 4.78 is 0. The summed E-state index contributed by atoms with van der Waals surface area (Å²) in [6.07, 6.45) is 8.18. The molecule has 3 heteroatoms. The summed E-state index contributed by atoms with van der Waals surface area (Å²) in [4.78, 5) is 0. The smallest absolute Gasteiger partial charge is 0.0851 e. The Hall–Kier alpha value is -1.37. The molecule has 23 heavy (non-hydrogen) atoms. The summed E-state index contributed by atoms with van der Waals surface area (Å²) in [5.74, 6) is 0.494. The zero-order chi connectivity index (χ0) is 16.2. The van der Waals surface area contributed by atoms with E-state index in [-0.39, 0.29) is 11.1 Å². The molecule has 3 nitrogen and oxygen atoms in total. The van der Waals surface area contributed by atoms with Crippen LogP contribution in [0.5, 0.6) is 0 Å². The van der Waals surface area contributed by atoms with Crippen molar-refractivity contribution in [2.45, 2.75) is 62.9 Å². The third-order valence-electron chi connectivity index (χ3n) is 5.97. The molecule has 1 saturated heterocycles. The fourth-order valence-corrected chi connectivity index (χ4v) is 4.49. The monoisotopic (exact) mass is 311 g/mol. The van der Waals surface area contributed by atoms with Gasteiger partial charge >= 0.3 is 0 Å². The van der Waals surface area contributed by atoms with E-state index < -0.39 is 0 Å². The van der Waals surface area contributed by atoms with E-state index in [1.54, 1.807) is 0 Å². The number of nitriles is 1. The van der Waals surface area contributed by atoms with Crippen molar-refractivity contribution in [3.05, 3.63) is 35.9 Å². The van der Waals surface area contributed by atoms with Crippen molar-refractivity contribution in [3.8, 4) is 6.07 Å². The number of nitrogens with zero attached hydrogens (tertiary/aromatic N) is 1. The Labute approximate surface area is 140 Å². The van der Waals surface area contributed by atoms with Crippen LogP contribution in [0.1, 0.15) is 57.4 Å². The Balaban J connectivity index is 1.87. The number of hydrogen-bond acceptors (Lipinski definition) is 3. The highest BCUT2D eigenvalue weighted by atomic mass is 15.2. The van der Waals surface area contributed by atoms with Gasteiger partial charge in [-0.05, 0) is 44.1 Å². The van der Waals surface area contributed by atoms with Gasteiger partial charge in [0.15, 0.2) is 0 Å². The van der Waals surface area contributed by atoms with Crippen molar-refractivity contribution >= 4 is 0 Å². The number of hydrogen-bond donors (Lipinski definition) is 2. The van der Waals surface area contributed by atoms with E-state index in [2.05, 4.69) is 47.9 Å². The van der Waals surface area contributed by atoms with Gasteiger partial charge in [-0.3, -0.25) is 10.6 Å². The summed E-state index contributed by atoms with van der Waals surface area (Å²) in [6.45, 7) is 4.27. The molecular weight excluding hydrogens is 282 g/mol. The summed E-state index contributed by atoms with van der Waals surface area (Å²) in [7, 11) is 0. The molecule has 124 valence electrons. The van der Waals surface area contributed by atoms with E-state index in [0.717, 1.165) is 25.9 Å². The van der Waals surface area contributed by atoms with Crippen molar-refractivity contribution in [3.63, 3.8) is 0 Å². The van der Waals surface area contributed by atoms with E-state index in [4.69, 9.17) is 0 Å². The lowest BCUT2D eigenvalue weighted by Gasteiger charge is -2.40. The van der Waals surface area contributed by atoms with Crippen molar-refractivity contribution in [1.82, 2.24) is 10.6 Å². The van der Waals surface area contributed by atoms with Crippen LogP contribution >= 0.6 is 0 Å². The molecule has 1 saturated carbocycles. The van der Waals surface area contributed by atoms with Crippen LogP contribution in [0.2, 0.25) is 0 Å². The minimum absolute atomic E-state index is 0.0223. The van der Waals surface area contributed by atoms with E-state index >= 15 is 0 Å². The highest BCUT2D eigenvalue weighted by Gasteiger charge is 2.42. The van der Waals surface area contributed by atoms with E-state index in [1.165, 1.54) is 37.7 Å². The standard InChI is InChI=1S/C20H29N3/c1-19(22-14-15-23-19)12-13-20(16-21,17-8-4-2-5-9-17)18-10-6-3-7-11-18/h2,4-5,8-9,18,22-23H,3,6-7,10-15H2,1H3. The zero-order valence-corrected chi connectivity index (χ0v) is 14.3. The molecule has 0 bridgehead atoms. The van der Waals surface area contributed by atoms with Gasteiger partial charge in [0.2, 0.25) is 0 Å². The van der Waals surface area contributed by atoms with Gasteiger partial charge in [0, 0.05) is 13.1 Å². The third-order valence-corrected chi connectivity index (χ3v) is 5.97. The van der Waals surface area contributed by atoms with Gasteiger partial charge in [-0.1, -0.05) is 49.6 Å². The minimum Gasteiger partial charge on any atom is -0.298 e. The first-order chi connectivity index (χ1) is 11.2. The van der Waals surface area contributed by atoms with Gasteiger partial charge in [-0.15, -0.1) is 0 Å². The van der Waals surface area contributed by atoms with E-state index in [1.807, 2.05) is 6.07 Å². The van der Waals surface area contributed by atoms with Gasteiger partial charge < -0.3 is 0 Å². The Morgan fingerprint density at radius 2 is 1.78 bits per heavy atom. The average molecular weight is 311 g/mol.